The monoisotopic (exact) mass is 241 g/mol. The molecule has 4 nitrogen and oxygen atoms in total. The van der Waals surface area contributed by atoms with Crippen LogP contribution >= 0.6 is 11.6 Å². The van der Waals surface area contributed by atoms with E-state index in [9.17, 15) is 4.79 Å². The van der Waals surface area contributed by atoms with Gasteiger partial charge >= 0.3 is 0 Å². The number of aromatic nitrogens is 1. The van der Waals surface area contributed by atoms with E-state index in [0.717, 1.165) is 12.8 Å². The lowest BCUT2D eigenvalue weighted by Gasteiger charge is -2.16. The number of carbonyl (C=O) groups excluding carboxylic acids is 1. The Kier molecular flexibility index (Phi) is 5.22. The summed E-state index contributed by atoms with van der Waals surface area (Å²) in [7, 11) is 0. The van der Waals surface area contributed by atoms with Crippen LogP contribution in [-0.4, -0.2) is 23.5 Å². The Labute approximate surface area is 100 Å². The molecule has 0 aliphatic carbocycles. The van der Waals surface area contributed by atoms with E-state index in [0.29, 0.717) is 17.1 Å². The fourth-order valence-electron chi connectivity index (χ4n) is 1.42. The Hall–Kier alpha value is -1.13. The molecular formula is C11H16ClN3O. The van der Waals surface area contributed by atoms with Crippen LogP contribution in [0, 0.1) is 0 Å². The molecule has 0 spiro atoms. The second kappa shape index (κ2) is 6.45. The average Bonchev–Trinajstić information content (AvgIpc) is 2.28. The van der Waals surface area contributed by atoms with Crippen molar-refractivity contribution in [1.29, 1.82) is 0 Å². The van der Waals surface area contributed by atoms with Crippen molar-refractivity contribution < 1.29 is 4.79 Å². The topological polar surface area (TPSA) is 68.0 Å². The van der Waals surface area contributed by atoms with Crippen molar-refractivity contribution in [3.8, 4) is 0 Å². The molecular weight excluding hydrogens is 226 g/mol. The van der Waals surface area contributed by atoms with E-state index in [1.54, 1.807) is 6.07 Å². The molecule has 1 heterocycles. The van der Waals surface area contributed by atoms with E-state index in [-0.39, 0.29) is 11.9 Å². The third-order valence-electron chi connectivity index (χ3n) is 2.27. The van der Waals surface area contributed by atoms with Crippen LogP contribution in [0.3, 0.4) is 0 Å². The summed E-state index contributed by atoms with van der Waals surface area (Å²) in [6, 6.07) is 1.60. The number of halogens is 1. The summed E-state index contributed by atoms with van der Waals surface area (Å²) in [5.74, 6) is -0.198. The van der Waals surface area contributed by atoms with Gasteiger partial charge in [0.25, 0.3) is 5.91 Å². The van der Waals surface area contributed by atoms with Crippen LogP contribution in [0.4, 0.5) is 0 Å². The fraction of sp³-hybridized carbons (Fsp3) is 0.455. The minimum atomic E-state index is -0.198. The van der Waals surface area contributed by atoms with E-state index in [1.165, 1.54) is 12.4 Å². The van der Waals surface area contributed by atoms with Crippen molar-refractivity contribution in [2.75, 3.05) is 6.54 Å². The van der Waals surface area contributed by atoms with Crippen molar-refractivity contribution in [2.45, 2.75) is 25.8 Å². The number of pyridine rings is 1. The summed E-state index contributed by atoms with van der Waals surface area (Å²) < 4.78 is 0. The smallest absolute Gasteiger partial charge is 0.253 e. The molecule has 16 heavy (non-hydrogen) atoms. The summed E-state index contributed by atoms with van der Waals surface area (Å²) in [5, 5.41) is 3.20. The molecule has 0 saturated carbocycles. The molecule has 0 bridgehead atoms. The summed E-state index contributed by atoms with van der Waals surface area (Å²) in [4.78, 5) is 15.7. The fourth-order valence-corrected chi connectivity index (χ4v) is 1.63. The standard InChI is InChI=1S/C11H16ClN3O/c1-2-3-8(6-13)15-11(16)9-4-5-14-7-10(9)12/h4-5,7-8H,2-3,6,13H2,1H3,(H,15,16). The van der Waals surface area contributed by atoms with E-state index in [2.05, 4.69) is 10.3 Å². The first-order valence-corrected chi connectivity index (χ1v) is 5.67. The second-order valence-corrected chi connectivity index (χ2v) is 3.96. The third kappa shape index (κ3) is 3.47. The highest BCUT2D eigenvalue weighted by Gasteiger charge is 2.13. The number of nitrogens with zero attached hydrogens (tertiary/aromatic N) is 1. The predicted molar refractivity (Wildman–Crippen MR) is 64.5 cm³/mol. The van der Waals surface area contributed by atoms with Gasteiger partial charge < -0.3 is 11.1 Å². The second-order valence-electron chi connectivity index (χ2n) is 3.55. The number of nitrogens with two attached hydrogens (primary N) is 1. The Morgan fingerprint density at radius 3 is 3.00 bits per heavy atom. The summed E-state index contributed by atoms with van der Waals surface area (Å²) in [6.07, 6.45) is 4.84. The number of amides is 1. The molecule has 1 aromatic rings. The number of carbonyl (C=O) groups is 1. The highest BCUT2D eigenvalue weighted by Crippen LogP contribution is 2.13. The Bertz CT molecular complexity index is 357. The van der Waals surface area contributed by atoms with Gasteiger partial charge in [0, 0.05) is 25.0 Å². The molecule has 1 unspecified atom stereocenters. The minimum absolute atomic E-state index is 0.00160. The molecule has 0 aromatic carbocycles. The number of hydrogen-bond donors (Lipinski definition) is 2. The molecule has 88 valence electrons. The van der Waals surface area contributed by atoms with Crippen LogP contribution in [0.25, 0.3) is 0 Å². The maximum Gasteiger partial charge on any atom is 0.253 e. The van der Waals surface area contributed by atoms with Crippen LogP contribution in [0.5, 0.6) is 0 Å². The van der Waals surface area contributed by atoms with Gasteiger partial charge in [0.1, 0.15) is 0 Å². The third-order valence-corrected chi connectivity index (χ3v) is 2.58. The molecule has 0 radical (unpaired) electrons. The lowest BCUT2D eigenvalue weighted by atomic mass is 10.1. The molecule has 0 saturated heterocycles. The Balaban J connectivity index is 2.68. The van der Waals surface area contributed by atoms with Gasteiger partial charge in [-0.2, -0.15) is 0 Å². The molecule has 0 fully saturated rings. The zero-order valence-electron chi connectivity index (χ0n) is 9.24. The van der Waals surface area contributed by atoms with Gasteiger partial charge in [-0.05, 0) is 12.5 Å². The SMILES string of the molecule is CCCC(CN)NC(=O)c1ccncc1Cl. The highest BCUT2D eigenvalue weighted by atomic mass is 35.5. The normalized spacial score (nSPS) is 12.2. The van der Waals surface area contributed by atoms with Crippen molar-refractivity contribution >= 4 is 17.5 Å². The Morgan fingerprint density at radius 1 is 1.69 bits per heavy atom. The maximum atomic E-state index is 11.8. The summed E-state index contributed by atoms with van der Waals surface area (Å²) >= 11 is 5.87. The first kappa shape index (κ1) is 12.9. The number of hydrogen-bond acceptors (Lipinski definition) is 3. The minimum Gasteiger partial charge on any atom is -0.348 e. The lowest BCUT2D eigenvalue weighted by Crippen LogP contribution is -2.40. The predicted octanol–water partition coefficient (Wildman–Crippen LogP) is 1.59. The molecule has 0 aliphatic rings. The molecule has 3 N–H and O–H groups in total. The van der Waals surface area contributed by atoms with Crippen LogP contribution in [0.1, 0.15) is 30.1 Å². The van der Waals surface area contributed by atoms with Crippen molar-refractivity contribution in [3.63, 3.8) is 0 Å². The van der Waals surface area contributed by atoms with Crippen molar-refractivity contribution in [2.24, 2.45) is 5.73 Å². The molecule has 1 atom stereocenters. The molecule has 0 aliphatic heterocycles. The quantitative estimate of drug-likeness (QED) is 0.823. The van der Waals surface area contributed by atoms with Crippen LogP contribution in [0.15, 0.2) is 18.5 Å². The Morgan fingerprint density at radius 2 is 2.44 bits per heavy atom. The van der Waals surface area contributed by atoms with Gasteiger partial charge in [-0.25, -0.2) is 0 Å². The van der Waals surface area contributed by atoms with E-state index < -0.39 is 0 Å². The largest absolute Gasteiger partial charge is 0.348 e. The maximum absolute atomic E-state index is 11.8. The molecule has 5 heteroatoms. The lowest BCUT2D eigenvalue weighted by molar-refractivity contribution is 0.0936. The van der Waals surface area contributed by atoms with Gasteiger partial charge in [0.2, 0.25) is 0 Å². The highest BCUT2D eigenvalue weighted by molar-refractivity contribution is 6.33. The van der Waals surface area contributed by atoms with Gasteiger partial charge in [-0.15, -0.1) is 0 Å². The van der Waals surface area contributed by atoms with Gasteiger partial charge in [0.15, 0.2) is 0 Å². The first-order chi connectivity index (χ1) is 7.69. The van der Waals surface area contributed by atoms with Crippen LogP contribution in [0.2, 0.25) is 5.02 Å². The summed E-state index contributed by atoms with van der Waals surface area (Å²) in [6.45, 7) is 2.48. The average molecular weight is 242 g/mol. The van der Waals surface area contributed by atoms with Crippen molar-refractivity contribution in [1.82, 2.24) is 10.3 Å². The molecule has 1 aromatic heterocycles. The number of nitrogens with one attached hydrogen (secondary N) is 1. The van der Waals surface area contributed by atoms with E-state index >= 15 is 0 Å². The van der Waals surface area contributed by atoms with Gasteiger partial charge in [-0.3, -0.25) is 9.78 Å². The number of rotatable bonds is 5. The van der Waals surface area contributed by atoms with Crippen molar-refractivity contribution in [3.05, 3.63) is 29.0 Å². The van der Waals surface area contributed by atoms with Crippen LogP contribution in [-0.2, 0) is 0 Å². The van der Waals surface area contributed by atoms with Gasteiger partial charge in [-0.1, -0.05) is 24.9 Å². The van der Waals surface area contributed by atoms with E-state index in [4.69, 9.17) is 17.3 Å². The summed E-state index contributed by atoms with van der Waals surface area (Å²) in [5.41, 5.74) is 6.00. The first-order valence-electron chi connectivity index (χ1n) is 5.29. The zero-order valence-corrected chi connectivity index (χ0v) is 10.00. The van der Waals surface area contributed by atoms with Gasteiger partial charge in [0.05, 0.1) is 10.6 Å². The molecule has 1 rings (SSSR count). The zero-order chi connectivity index (χ0) is 12.0. The van der Waals surface area contributed by atoms with Crippen LogP contribution < -0.4 is 11.1 Å². The molecule has 1 amide bonds. The van der Waals surface area contributed by atoms with E-state index in [1.807, 2.05) is 6.92 Å².